The Morgan fingerprint density at radius 3 is 2.35 bits per heavy atom. The van der Waals surface area contributed by atoms with Gasteiger partial charge in [-0.25, -0.2) is 0 Å². The number of amides is 2. The van der Waals surface area contributed by atoms with Gasteiger partial charge in [0, 0.05) is 36.7 Å². The highest BCUT2D eigenvalue weighted by molar-refractivity contribution is 5.90. The lowest BCUT2D eigenvalue weighted by Gasteiger charge is -2.29. The van der Waals surface area contributed by atoms with Crippen molar-refractivity contribution in [3.63, 3.8) is 0 Å². The van der Waals surface area contributed by atoms with Crippen molar-refractivity contribution in [1.29, 1.82) is 0 Å². The topological polar surface area (TPSA) is 58.6 Å². The van der Waals surface area contributed by atoms with Crippen LogP contribution >= 0.6 is 0 Å². The second-order valence-corrected chi connectivity index (χ2v) is 6.96. The largest absolute Gasteiger partial charge is 0.457 e. The first-order chi connectivity index (χ1) is 12.6. The Morgan fingerprint density at radius 1 is 1.15 bits per heavy atom. The van der Waals surface area contributed by atoms with Gasteiger partial charge >= 0.3 is 0 Å². The molecule has 1 fully saturated rings. The van der Waals surface area contributed by atoms with E-state index >= 15 is 0 Å². The van der Waals surface area contributed by atoms with E-state index in [9.17, 15) is 9.59 Å². The van der Waals surface area contributed by atoms with Crippen molar-refractivity contribution in [3.8, 4) is 11.5 Å². The molecular formula is C21H22N2O3. The fourth-order valence-corrected chi connectivity index (χ4v) is 3.79. The zero-order valence-electron chi connectivity index (χ0n) is 14.8. The summed E-state index contributed by atoms with van der Waals surface area (Å²) in [6.45, 7) is 3.28. The molecule has 26 heavy (non-hydrogen) atoms. The Bertz CT molecular complexity index is 803. The predicted octanol–water partition coefficient (Wildman–Crippen LogP) is 3.05. The molecule has 5 heteroatoms. The summed E-state index contributed by atoms with van der Waals surface area (Å²) in [7, 11) is 0. The lowest BCUT2D eigenvalue weighted by Crippen LogP contribution is -2.44. The zero-order chi connectivity index (χ0) is 18.1. The molecule has 0 saturated carbocycles. The molecule has 2 aliphatic rings. The number of nitrogens with zero attached hydrogens (tertiary/aromatic N) is 1. The summed E-state index contributed by atoms with van der Waals surface area (Å²) >= 11 is 0. The molecule has 0 aliphatic carbocycles. The number of para-hydroxylation sites is 2. The summed E-state index contributed by atoms with van der Waals surface area (Å²) in [5, 5.41) is 3.09. The Morgan fingerprint density at radius 2 is 1.77 bits per heavy atom. The second-order valence-electron chi connectivity index (χ2n) is 6.96. The predicted molar refractivity (Wildman–Crippen MR) is 98.2 cm³/mol. The highest BCUT2D eigenvalue weighted by atomic mass is 16.5. The van der Waals surface area contributed by atoms with E-state index < -0.39 is 5.92 Å². The zero-order valence-corrected chi connectivity index (χ0v) is 14.8. The summed E-state index contributed by atoms with van der Waals surface area (Å²) < 4.78 is 5.95. The molecule has 0 spiro atoms. The monoisotopic (exact) mass is 350 g/mol. The number of ether oxygens (including phenoxy) is 1. The Balaban J connectivity index is 1.56. The normalized spacial score (nSPS) is 17.3. The Kier molecular flexibility index (Phi) is 4.37. The molecule has 2 aromatic carbocycles. The molecule has 4 rings (SSSR count). The van der Waals surface area contributed by atoms with E-state index in [1.165, 1.54) is 0 Å². The van der Waals surface area contributed by atoms with Gasteiger partial charge in [-0.1, -0.05) is 36.4 Å². The van der Waals surface area contributed by atoms with Gasteiger partial charge < -0.3 is 15.0 Å². The lowest BCUT2D eigenvalue weighted by atomic mass is 9.87. The number of hydrogen-bond donors (Lipinski definition) is 1. The van der Waals surface area contributed by atoms with Crippen LogP contribution in [0, 0.1) is 0 Å². The summed E-state index contributed by atoms with van der Waals surface area (Å²) in [4.78, 5) is 26.8. The van der Waals surface area contributed by atoms with Crippen molar-refractivity contribution >= 4 is 11.8 Å². The van der Waals surface area contributed by atoms with E-state index in [1.807, 2.05) is 60.4 Å². The van der Waals surface area contributed by atoms with Crippen LogP contribution in [0.3, 0.4) is 0 Å². The molecule has 2 aromatic rings. The average molecular weight is 350 g/mol. The van der Waals surface area contributed by atoms with E-state index in [4.69, 9.17) is 4.74 Å². The molecule has 1 atom stereocenters. The van der Waals surface area contributed by atoms with Gasteiger partial charge in [-0.15, -0.1) is 0 Å². The molecule has 0 aromatic heterocycles. The maximum absolute atomic E-state index is 13.1. The van der Waals surface area contributed by atoms with Gasteiger partial charge in [-0.05, 0) is 25.5 Å². The van der Waals surface area contributed by atoms with Crippen LogP contribution in [-0.2, 0) is 9.59 Å². The van der Waals surface area contributed by atoms with Gasteiger partial charge in [0.25, 0.3) is 0 Å². The van der Waals surface area contributed by atoms with E-state index in [-0.39, 0.29) is 17.9 Å². The van der Waals surface area contributed by atoms with Crippen molar-refractivity contribution in [3.05, 3.63) is 59.7 Å². The van der Waals surface area contributed by atoms with Crippen LogP contribution in [0.4, 0.5) is 0 Å². The van der Waals surface area contributed by atoms with Crippen LogP contribution in [0.1, 0.15) is 36.8 Å². The van der Waals surface area contributed by atoms with E-state index in [1.54, 1.807) is 0 Å². The minimum Gasteiger partial charge on any atom is -0.457 e. The molecule has 0 bridgehead atoms. The van der Waals surface area contributed by atoms with Gasteiger partial charge in [-0.2, -0.15) is 0 Å². The number of carbonyl (C=O) groups is 2. The van der Waals surface area contributed by atoms with Crippen molar-refractivity contribution in [2.45, 2.75) is 31.7 Å². The maximum atomic E-state index is 13.1. The van der Waals surface area contributed by atoms with Crippen LogP contribution in [-0.4, -0.2) is 35.8 Å². The summed E-state index contributed by atoms with van der Waals surface area (Å²) in [5.41, 5.74) is 1.74. The third-order valence-corrected chi connectivity index (χ3v) is 5.00. The molecule has 0 radical (unpaired) electrons. The second kappa shape index (κ2) is 6.83. The van der Waals surface area contributed by atoms with Gasteiger partial charge in [0.15, 0.2) is 0 Å². The molecule has 2 heterocycles. The minimum atomic E-state index is -0.409. The number of likely N-dealkylation sites (tertiary alicyclic amines) is 1. The van der Waals surface area contributed by atoms with Crippen LogP contribution in [0.15, 0.2) is 48.5 Å². The van der Waals surface area contributed by atoms with Crippen LogP contribution in [0.25, 0.3) is 0 Å². The number of rotatable bonds is 4. The molecule has 134 valence electrons. The van der Waals surface area contributed by atoms with Gasteiger partial charge in [-0.3, -0.25) is 9.59 Å². The molecule has 2 amide bonds. The highest BCUT2D eigenvalue weighted by Crippen LogP contribution is 2.43. The molecular weight excluding hydrogens is 328 g/mol. The van der Waals surface area contributed by atoms with Crippen molar-refractivity contribution in [1.82, 2.24) is 10.2 Å². The summed E-state index contributed by atoms with van der Waals surface area (Å²) in [5.74, 6) is 1.13. The number of fused-ring (bicyclic) bond motifs is 2. The van der Waals surface area contributed by atoms with Crippen molar-refractivity contribution in [2.75, 3.05) is 13.1 Å². The molecule has 1 unspecified atom stereocenters. The number of carbonyl (C=O) groups excluding carboxylic acids is 2. The quantitative estimate of drug-likeness (QED) is 0.922. The van der Waals surface area contributed by atoms with Crippen molar-refractivity contribution in [2.24, 2.45) is 0 Å². The number of hydrogen-bond acceptors (Lipinski definition) is 3. The summed E-state index contributed by atoms with van der Waals surface area (Å²) in [6.07, 6.45) is 1.52. The van der Waals surface area contributed by atoms with Gasteiger partial charge in [0.2, 0.25) is 11.8 Å². The Labute approximate surface area is 153 Å². The fourth-order valence-electron chi connectivity index (χ4n) is 3.79. The fraction of sp³-hybridized carbons (Fsp3) is 0.333. The maximum Gasteiger partial charge on any atom is 0.232 e. The first-order valence-corrected chi connectivity index (χ1v) is 9.07. The Hall–Kier alpha value is -2.82. The van der Waals surface area contributed by atoms with Gasteiger partial charge in [0.05, 0.1) is 5.92 Å². The minimum absolute atomic E-state index is 0.0626. The van der Waals surface area contributed by atoms with Crippen LogP contribution in [0.5, 0.6) is 11.5 Å². The average Bonchev–Trinajstić information content (AvgIpc) is 3.04. The van der Waals surface area contributed by atoms with Gasteiger partial charge in [0.1, 0.15) is 11.5 Å². The highest BCUT2D eigenvalue weighted by Gasteiger charge is 2.33. The lowest BCUT2D eigenvalue weighted by molar-refractivity contribution is -0.129. The number of benzene rings is 2. The summed E-state index contributed by atoms with van der Waals surface area (Å²) in [6, 6.07) is 15.2. The molecule has 1 N–H and O–H groups in total. The SMILES string of the molecule is CC(CN1CCCC1=O)NC(=O)C1c2ccccc2Oc2ccccc21. The molecule has 1 saturated heterocycles. The first kappa shape index (κ1) is 16.6. The third kappa shape index (κ3) is 3.05. The third-order valence-electron chi connectivity index (χ3n) is 5.00. The molecule has 5 nitrogen and oxygen atoms in total. The number of nitrogens with one attached hydrogen (secondary N) is 1. The van der Waals surface area contributed by atoms with Crippen molar-refractivity contribution < 1.29 is 14.3 Å². The first-order valence-electron chi connectivity index (χ1n) is 9.07. The standard InChI is InChI=1S/C21H22N2O3/c1-14(13-23-12-6-11-19(23)24)22-21(25)20-15-7-2-4-9-17(15)26-18-10-5-3-8-16(18)20/h2-5,7-10,14,20H,6,11-13H2,1H3,(H,22,25). The van der Waals surface area contributed by atoms with E-state index in [0.717, 1.165) is 24.1 Å². The van der Waals surface area contributed by atoms with Crippen LogP contribution in [0.2, 0.25) is 0 Å². The van der Waals surface area contributed by atoms with Crippen LogP contribution < -0.4 is 10.1 Å². The smallest absolute Gasteiger partial charge is 0.232 e. The van der Waals surface area contributed by atoms with E-state index in [0.29, 0.717) is 24.5 Å². The van der Waals surface area contributed by atoms with E-state index in [2.05, 4.69) is 5.32 Å². The molecule has 2 aliphatic heterocycles.